The molecule has 0 aliphatic heterocycles. The highest BCUT2D eigenvalue weighted by atomic mass is 16.2. The summed E-state index contributed by atoms with van der Waals surface area (Å²) >= 11 is 0. The number of carbonyl (C=O) groups is 1. The van der Waals surface area contributed by atoms with Crippen molar-refractivity contribution in [1.82, 2.24) is 25.2 Å². The Bertz CT molecular complexity index is 960. The molecule has 0 saturated heterocycles. The number of rotatable bonds is 7. The average Bonchev–Trinajstić information content (AvgIpc) is 3.45. The molecule has 1 heterocycles. The molecule has 4 rings (SSSR count). The zero-order valence-electron chi connectivity index (χ0n) is 16.3. The Kier molecular flexibility index (Phi) is 5.21. The Balaban J connectivity index is 1.54. The van der Waals surface area contributed by atoms with E-state index in [0.717, 1.165) is 36.3 Å². The minimum atomic E-state index is -0.163. The van der Waals surface area contributed by atoms with Gasteiger partial charge in [-0.3, -0.25) is 4.79 Å². The first kappa shape index (κ1) is 18.4. The van der Waals surface area contributed by atoms with Crippen LogP contribution in [0.1, 0.15) is 46.1 Å². The summed E-state index contributed by atoms with van der Waals surface area (Å²) in [5, 5.41) is 11.6. The van der Waals surface area contributed by atoms with E-state index in [1.807, 2.05) is 61.2 Å². The second-order valence-corrected chi connectivity index (χ2v) is 7.53. The van der Waals surface area contributed by atoms with Gasteiger partial charge in [0, 0.05) is 19.0 Å². The molecule has 1 N–H and O–H groups in total. The van der Waals surface area contributed by atoms with E-state index in [-0.39, 0.29) is 5.91 Å². The van der Waals surface area contributed by atoms with Crippen LogP contribution < -0.4 is 5.32 Å². The predicted molar refractivity (Wildman–Crippen MR) is 108 cm³/mol. The van der Waals surface area contributed by atoms with Crippen LogP contribution in [0.25, 0.3) is 5.69 Å². The maximum atomic E-state index is 12.9. The molecule has 0 unspecified atom stereocenters. The van der Waals surface area contributed by atoms with Crippen LogP contribution >= 0.6 is 0 Å². The third-order valence-corrected chi connectivity index (χ3v) is 4.93. The second-order valence-electron chi connectivity index (χ2n) is 7.53. The van der Waals surface area contributed by atoms with Gasteiger partial charge >= 0.3 is 0 Å². The van der Waals surface area contributed by atoms with Gasteiger partial charge in [-0.05, 0) is 50.2 Å². The lowest BCUT2D eigenvalue weighted by Crippen LogP contribution is -2.25. The van der Waals surface area contributed by atoms with Gasteiger partial charge in [0.15, 0.2) is 5.69 Å². The van der Waals surface area contributed by atoms with E-state index in [1.54, 1.807) is 0 Å². The van der Waals surface area contributed by atoms with Crippen molar-refractivity contribution < 1.29 is 4.79 Å². The number of carbonyl (C=O) groups excluding carboxylic acids is 1. The normalized spacial score (nSPS) is 13.7. The number of amides is 1. The van der Waals surface area contributed by atoms with E-state index in [4.69, 9.17) is 0 Å². The maximum absolute atomic E-state index is 12.9. The molecule has 2 aromatic carbocycles. The highest BCUT2D eigenvalue weighted by molar-refractivity contribution is 5.93. The fraction of sp³-hybridized carbons (Fsp3) is 0.318. The lowest BCUT2D eigenvalue weighted by molar-refractivity contribution is 0.0944. The molecule has 3 aromatic rings. The van der Waals surface area contributed by atoms with E-state index < -0.39 is 0 Å². The van der Waals surface area contributed by atoms with Crippen molar-refractivity contribution in [2.24, 2.45) is 0 Å². The molecular weight excluding hydrogens is 350 g/mol. The quantitative estimate of drug-likeness (QED) is 0.689. The zero-order valence-corrected chi connectivity index (χ0v) is 16.3. The summed E-state index contributed by atoms with van der Waals surface area (Å²) in [6.07, 6.45) is 2.15. The first-order valence-corrected chi connectivity index (χ1v) is 9.64. The van der Waals surface area contributed by atoms with Crippen LogP contribution in [0.4, 0.5) is 0 Å². The fourth-order valence-corrected chi connectivity index (χ4v) is 3.42. The summed E-state index contributed by atoms with van der Waals surface area (Å²) in [5.74, 6) is 0.195. The van der Waals surface area contributed by atoms with Crippen LogP contribution in [0.15, 0.2) is 54.6 Å². The Labute approximate surface area is 165 Å². The van der Waals surface area contributed by atoms with Crippen LogP contribution in [0, 0.1) is 0 Å². The first-order valence-electron chi connectivity index (χ1n) is 9.64. The number of aromatic nitrogens is 3. The Morgan fingerprint density at radius 1 is 1.07 bits per heavy atom. The lowest BCUT2D eigenvalue weighted by Gasteiger charge is -2.14. The molecule has 6 heteroatoms. The minimum Gasteiger partial charge on any atom is -0.346 e. The molecule has 1 saturated carbocycles. The number of hydrogen-bond acceptors (Lipinski definition) is 4. The predicted octanol–water partition coefficient (Wildman–Crippen LogP) is 3.14. The molecule has 144 valence electrons. The van der Waals surface area contributed by atoms with Gasteiger partial charge < -0.3 is 10.2 Å². The van der Waals surface area contributed by atoms with Gasteiger partial charge in [-0.25, -0.2) is 4.68 Å². The van der Waals surface area contributed by atoms with Crippen LogP contribution in [-0.2, 0) is 13.1 Å². The van der Waals surface area contributed by atoms with E-state index in [1.165, 1.54) is 5.56 Å². The van der Waals surface area contributed by atoms with E-state index in [0.29, 0.717) is 18.2 Å². The van der Waals surface area contributed by atoms with Crippen LogP contribution in [-0.4, -0.2) is 39.9 Å². The minimum absolute atomic E-state index is 0.163. The van der Waals surface area contributed by atoms with Gasteiger partial charge in [0.1, 0.15) is 0 Å². The third kappa shape index (κ3) is 3.97. The smallest absolute Gasteiger partial charge is 0.274 e. The molecular formula is C22H25N5O. The Morgan fingerprint density at radius 2 is 1.75 bits per heavy atom. The number of hydrogen-bond donors (Lipinski definition) is 1. The van der Waals surface area contributed by atoms with Crippen molar-refractivity contribution in [2.75, 3.05) is 14.1 Å². The standard InChI is InChI=1S/C22H25N5O/c1-26(2)15-18-9-7-6-8-17(18)14-23-22(28)20-21(16-12-13-16)27(25-24-20)19-10-4-3-5-11-19/h3-11,16H,12-15H2,1-2H3,(H,23,28). The second kappa shape index (κ2) is 7.94. The first-order chi connectivity index (χ1) is 13.6. The number of benzene rings is 2. The highest BCUT2D eigenvalue weighted by Crippen LogP contribution is 2.41. The Hall–Kier alpha value is -2.99. The van der Waals surface area contributed by atoms with Crippen molar-refractivity contribution in [3.63, 3.8) is 0 Å². The largest absolute Gasteiger partial charge is 0.346 e. The van der Waals surface area contributed by atoms with Gasteiger partial charge in [0.25, 0.3) is 5.91 Å². The van der Waals surface area contributed by atoms with Gasteiger partial charge in [0.05, 0.1) is 11.4 Å². The van der Waals surface area contributed by atoms with Crippen molar-refractivity contribution >= 4 is 5.91 Å². The van der Waals surface area contributed by atoms with Gasteiger partial charge in [-0.1, -0.05) is 47.7 Å². The highest BCUT2D eigenvalue weighted by Gasteiger charge is 2.34. The summed E-state index contributed by atoms with van der Waals surface area (Å²) in [6, 6.07) is 18.1. The van der Waals surface area contributed by atoms with Crippen LogP contribution in [0.2, 0.25) is 0 Å². The summed E-state index contributed by atoms with van der Waals surface area (Å²) in [4.78, 5) is 15.0. The molecule has 1 aliphatic carbocycles. The molecule has 28 heavy (non-hydrogen) atoms. The SMILES string of the molecule is CN(C)Cc1ccccc1CNC(=O)c1nnn(-c2ccccc2)c1C1CC1. The molecule has 1 fully saturated rings. The monoisotopic (exact) mass is 375 g/mol. The number of para-hydroxylation sites is 1. The number of nitrogens with zero attached hydrogens (tertiary/aromatic N) is 4. The van der Waals surface area contributed by atoms with E-state index in [2.05, 4.69) is 32.7 Å². The summed E-state index contributed by atoms with van der Waals surface area (Å²) in [7, 11) is 4.08. The van der Waals surface area contributed by atoms with Gasteiger partial charge in [-0.15, -0.1) is 5.10 Å². The van der Waals surface area contributed by atoms with Crippen LogP contribution in [0.5, 0.6) is 0 Å². The summed E-state index contributed by atoms with van der Waals surface area (Å²) < 4.78 is 1.81. The van der Waals surface area contributed by atoms with Gasteiger partial charge in [0.2, 0.25) is 0 Å². The third-order valence-electron chi connectivity index (χ3n) is 4.93. The van der Waals surface area contributed by atoms with Crippen molar-refractivity contribution in [3.8, 4) is 5.69 Å². The molecule has 1 aromatic heterocycles. The zero-order chi connectivity index (χ0) is 19.5. The number of nitrogens with one attached hydrogen (secondary N) is 1. The van der Waals surface area contributed by atoms with Gasteiger partial charge in [-0.2, -0.15) is 0 Å². The average molecular weight is 375 g/mol. The Morgan fingerprint density at radius 3 is 2.43 bits per heavy atom. The molecule has 0 radical (unpaired) electrons. The molecule has 0 atom stereocenters. The van der Waals surface area contributed by atoms with E-state index >= 15 is 0 Å². The summed E-state index contributed by atoms with van der Waals surface area (Å²) in [6.45, 7) is 1.31. The summed E-state index contributed by atoms with van der Waals surface area (Å²) in [5.41, 5.74) is 4.63. The molecule has 1 aliphatic rings. The fourth-order valence-electron chi connectivity index (χ4n) is 3.42. The molecule has 1 amide bonds. The molecule has 6 nitrogen and oxygen atoms in total. The van der Waals surface area contributed by atoms with E-state index in [9.17, 15) is 4.79 Å². The van der Waals surface area contributed by atoms with Crippen LogP contribution in [0.3, 0.4) is 0 Å². The molecule has 0 spiro atoms. The maximum Gasteiger partial charge on any atom is 0.274 e. The topological polar surface area (TPSA) is 63.1 Å². The van der Waals surface area contributed by atoms with Crippen molar-refractivity contribution in [1.29, 1.82) is 0 Å². The van der Waals surface area contributed by atoms with Crippen molar-refractivity contribution in [3.05, 3.63) is 77.1 Å². The van der Waals surface area contributed by atoms with Crippen molar-refractivity contribution in [2.45, 2.75) is 31.8 Å². The molecule has 0 bridgehead atoms. The lowest BCUT2D eigenvalue weighted by atomic mass is 10.1.